The lowest BCUT2D eigenvalue weighted by Gasteiger charge is -2.21. The Morgan fingerprint density at radius 1 is 1.06 bits per heavy atom. The number of aromatic amines is 1. The van der Waals surface area contributed by atoms with Gasteiger partial charge in [-0.2, -0.15) is 15.3 Å². The third-order valence-corrected chi connectivity index (χ3v) is 6.45. The number of carbonyl (C=O) groups is 2. The van der Waals surface area contributed by atoms with E-state index in [4.69, 9.17) is 0 Å². The molecule has 4 aromatic heterocycles. The molecule has 4 aromatic rings. The van der Waals surface area contributed by atoms with Crippen LogP contribution in [0.15, 0.2) is 36.9 Å². The minimum absolute atomic E-state index is 0.197. The zero-order valence-electron chi connectivity index (χ0n) is 18.6. The fourth-order valence-electron chi connectivity index (χ4n) is 4.44. The lowest BCUT2D eigenvalue weighted by atomic mass is 9.96. The van der Waals surface area contributed by atoms with Crippen molar-refractivity contribution in [2.75, 3.05) is 5.32 Å². The third kappa shape index (κ3) is 3.93. The van der Waals surface area contributed by atoms with E-state index in [0.717, 1.165) is 49.8 Å². The van der Waals surface area contributed by atoms with Crippen molar-refractivity contribution in [2.45, 2.75) is 57.0 Å². The van der Waals surface area contributed by atoms with E-state index >= 15 is 0 Å². The number of hydrogen-bond acceptors (Lipinski definition) is 6. The molecule has 2 saturated carbocycles. The summed E-state index contributed by atoms with van der Waals surface area (Å²) in [6.45, 7) is 0. The number of carbonyl (C=O) groups excluding carboxylic acids is 2. The lowest BCUT2D eigenvalue weighted by Crippen LogP contribution is -2.27. The van der Waals surface area contributed by atoms with Gasteiger partial charge in [0.1, 0.15) is 5.69 Å². The molecule has 2 aliphatic carbocycles. The molecule has 0 radical (unpaired) electrons. The highest BCUT2D eigenvalue weighted by Crippen LogP contribution is 2.30. The summed E-state index contributed by atoms with van der Waals surface area (Å²) < 4.78 is 3.45. The van der Waals surface area contributed by atoms with Gasteiger partial charge in [0.2, 0.25) is 0 Å². The van der Waals surface area contributed by atoms with Gasteiger partial charge >= 0.3 is 0 Å². The number of nitrogens with one attached hydrogen (secondary N) is 3. The molecule has 2 amide bonds. The van der Waals surface area contributed by atoms with Gasteiger partial charge in [-0.3, -0.25) is 19.4 Å². The van der Waals surface area contributed by atoms with Crippen molar-refractivity contribution in [3.05, 3.63) is 48.3 Å². The summed E-state index contributed by atoms with van der Waals surface area (Å²) in [5.41, 5.74) is 2.89. The molecule has 6 rings (SSSR count). The first-order chi connectivity index (χ1) is 16.7. The lowest BCUT2D eigenvalue weighted by molar-refractivity contribution is 0.0945. The Labute approximate surface area is 195 Å². The number of anilines is 1. The van der Waals surface area contributed by atoms with Crippen LogP contribution in [0.25, 0.3) is 16.9 Å². The summed E-state index contributed by atoms with van der Waals surface area (Å²) in [7, 11) is 0. The van der Waals surface area contributed by atoms with Crippen molar-refractivity contribution in [3.8, 4) is 11.3 Å². The number of nitrogens with zero attached hydrogens (tertiary/aromatic N) is 6. The van der Waals surface area contributed by atoms with Crippen molar-refractivity contribution < 1.29 is 9.59 Å². The molecule has 2 fully saturated rings. The van der Waals surface area contributed by atoms with E-state index in [-0.39, 0.29) is 29.4 Å². The number of amides is 2. The molecule has 11 nitrogen and oxygen atoms in total. The number of aromatic nitrogens is 7. The maximum atomic E-state index is 13.2. The molecule has 0 saturated heterocycles. The van der Waals surface area contributed by atoms with Crippen LogP contribution in [0.5, 0.6) is 0 Å². The van der Waals surface area contributed by atoms with Crippen molar-refractivity contribution in [1.29, 1.82) is 0 Å². The molecule has 34 heavy (non-hydrogen) atoms. The predicted octanol–water partition coefficient (Wildman–Crippen LogP) is 2.97. The van der Waals surface area contributed by atoms with Gasteiger partial charge in [-0.05, 0) is 37.8 Å². The van der Waals surface area contributed by atoms with E-state index in [1.165, 1.54) is 6.42 Å². The van der Waals surface area contributed by atoms with Crippen LogP contribution in [0.4, 0.5) is 5.69 Å². The molecule has 0 atom stereocenters. The highest BCUT2D eigenvalue weighted by Gasteiger charge is 2.28. The van der Waals surface area contributed by atoms with Gasteiger partial charge in [-0.25, -0.2) is 9.50 Å². The third-order valence-electron chi connectivity index (χ3n) is 6.45. The molecule has 11 heteroatoms. The van der Waals surface area contributed by atoms with E-state index in [1.807, 2.05) is 10.7 Å². The Kier molecular flexibility index (Phi) is 5.08. The molecule has 3 N–H and O–H groups in total. The standard InChI is InChI=1S/C23H25N9O2/c33-22(18-9-11-31-21(27-18)16(12-25-31)17-8-10-24-29-17)28-19-13-32(15-4-2-1-3-5-15)30-20(19)23(34)26-14-6-7-14/h8-15H,1-7H2,(H,24,29)(H,26,34)(H,28,33). The first-order valence-electron chi connectivity index (χ1n) is 11.7. The first-order valence-corrected chi connectivity index (χ1v) is 11.7. The quantitative estimate of drug-likeness (QED) is 0.406. The van der Waals surface area contributed by atoms with E-state index in [9.17, 15) is 9.59 Å². The number of rotatable bonds is 6. The normalized spacial score (nSPS) is 16.6. The Morgan fingerprint density at radius 2 is 1.91 bits per heavy atom. The van der Waals surface area contributed by atoms with Crippen molar-refractivity contribution in [1.82, 2.24) is 39.9 Å². The van der Waals surface area contributed by atoms with Crippen molar-refractivity contribution in [3.63, 3.8) is 0 Å². The molecule has 0 aliphatic heterocycles. The molecular weight excluding hydrogens is 434 g/mol. The van der Waals surface area contributed by atoms with Gasteiger partial charge in [0.05, 0.1) is 29.2 Å². The minimum Gasteiger partial charge on any atom is -0.348 e. The number of hydrogen-bond donors (Lipinski definition) is 3. The van der Waals surface area contributed by atoms with E-state index in [2.05, 4.69) is 36.0 Å². The molecule has 0 spiro atoms. The van der Waals surface area contributed by atoms with Crippen LogP contribution < -0.4 is 10.6 Å². The summed E-state index contributed by atoms with van der Waals surface area (Å²) in [5.74, 6) is -0.670. The monoisotopic (exact) mass is 459 g/mol. The Balaban J connectivity index is 1.30. The predicted molar refractivity (Wildman–Crippen MR) is 123 cm³/mol. The SMILES string of the molecule is O=C(Nc1cn(C2CCCCC2)nc1C(=O)NC1CC1)c1ccn2ncc(-c3ccn[nH]3)c2n1. The zero-order chi connectivity index (χ0) is 23.1. The van der Waals surface area contributed by atoms with Crippen LogP contribution in [-0.2, 0) is 0 Å². The zero-order valence-corrected chi connectivity index (χ0v) is 18.6. The van der Waals surface area contributed by atoms with Gasteiger partial charge in [0.25, 0.3) is 11.8 Å². The average Bonchev–Trinajstić information content (AvgIpc) is 3.24. The van der Waals surface area contributed by atoms with Crippen LogP contribution in [0.3, 0.4) is 0 Å². The molecule has 0 aromatic carbocycles. The van der Waals surface area contributed by atoms with Crippen LogP contribution in [0.2, 0.25) is 0 Å². The second-order valence-electron chi connectivity index (χ2n) is 8.97. The number of fused-ring (bicyclic) bond motifs is 1. The fourth-order valence-corrected chi connectivity index (χ4v) is 4.44. The maximum Gasteiger partial charge on any atom is 0.274 e. The second kappa shape index (κ2) is 8.40. The molecule has 4 heterocycles. The highest BCUT2D eigenvalue weighted by molar-refractivity contribution is 6.07. The van der Waals surface area contributed by atoms with Gasteiger partial charge in [-0.15, -0.1) is 0 Å². The topological polar surface area (TPSA) is 135 Å². The van der Waals surface area contributed by atoms with Crippen molar-refractivity contribution in [2.24, 2.45) is 0 Å². The fraction of sp³-hybridized carbons (Fsp3) is 0.391. The number of H-pyrrole nitrogens is 1. The summed E-state index contributed by atoms with van der Waals surface area (Å²) >= 11 is 0. The Morgan fingerprint density at radius 3 is 2.68 bits per heavy atom. The Hall–Kier alpha value is -4.02. The van der Waals surface area contributed by atoms with Gasteiger partial charge in [0.15, 0.2) is 11.3 Å². The van der Waals surface area contributed by atoms with E-state index in [1.54, 1.807) is 35.4 Å². The summed E-state index contributed by atoms with van der Waals surface area (Å²) in [6.07, 6.45) is 14.3. The Bertz CT molecular complexity index is 1340. The van der Waals surface area contributed by atoms with Gasteiger partial charge in [0, 0.05) is 24.6 Å². The molecular formula is C23H25N9O2. The largest absolute Gasteiger partial charge is 0.348 e. The first kappa shape index (κ1) is 20.6. The van der Waals surface area contributed by atoms with Gasteiger partial charge < -0.3 is 10.6 Å². The second-order valence-corrected chi connectivity index (χ2v) is 8.97. The van der Waals surface area contributed by atoms with E-state index < -0.39 is 5.91 Å². The van der Waals surface area contributed by atoms with Crippen LogP contribution in [0, 0.1) is 0 Å². The van der Waals surface area contributed by atoms with Crippen LogP contribution >= 0.6 is 0 Å². The smallest absolute Gasteiger partial charge is 0.274 e. The van der Waals surface area contributed by atoms with Crippen LogP contribution in [-0.4, -0.2) is 52.4 Å². The highest BCUT2D eigenvalue weighted by atomic mass is 16.2. The molecule has 0 bridgehead atoms. The minimum atomic E-state index is -0.414. The summed E-state index contributed by atoms with van der Waals surface area (Å²) in [5, 5.41) is 21.6. The van der Waals surface area contributed by atoms with Gasteiger partial charge in [-0.1, -0.05) is 19.3 Å². The van der Waals surface area contributed by atoms with Crippen LogP contribution in [0.1, 0.15) is 72.0 Å². The maximum absolute atomic E-state index is 13.2. The average molecular weight is 460 g/mol. The summed E-state index contributed by atoms with van der Waals surface area (Å²) in [6, 6.07) is 3.85. The van der Waals surface area contributed by atoms with Crippen molar-refractivity contribution >= 4 is 23.1 Å². The van der Waals surface area contributed by atoms with E-state index in [0.29, 0.717) is 11.3 Å². The molecule has 174 valence electrons. The molecule has 2 aliphatic rings. The molecule has 0 unspecified atom stereocenters. The summed E-state index contributed by atoms with van der Waals surface area (Å²) in [4.78, 5) is 30.6.